The Labute approximate surface area is 77.8 Å². The van der Waals surface area contributed by atoms with Crippen LogP contribution in [0.2, 0.25) is 0 Å². The standard InChI is InChI=1S/C7H13N3O2S/c1-6(2)10-7(4-5-8-10)9-13(3,11)12/h4-6,9H,1-3H3. The van der Waals surface area contributed by atoms with Crippen molar-refractivity contribution in [3.8, 4) is 0 Å². The summed E-state index contributed by atoms with van der Waals surface area (Å²) in [6.07, 6.45) is 2.68. The molecule has 0 radical (unpaired) electrons. The van der Waals surface area contributed by atoms with Crippen LogP contribution in [0.5, 0.6) is 0 Å². The molecule has 0 unspecified atom stereocenters. The van der Waals surface area contributed by atoms with E-state index in [1.165, 1.54) is 0 Å². The summed E-state index contributed by atoms with van der Waals surface area (Å²) in [7, 11) is -3.21. The largest absolute Gasteiger partial charge is 0.268 e. The van der Waals surface area contributed by atoms with Crippen molar-refractivity contribution in [2.45, 2.75) is 19.9 Å². The van der Waals surface area contributed by atoms with Crippen LogP contribution in [0.1, 0.15) is 19.9 Å². The summed E-state index contributed by atoms with van der Waals surface area (Å²) in [6.45, 7) is 3.86. The normalized spacial score (nSPS) is 12.0. The van der Waals surface area contributed by atoms with Crippen LogP contribution in [-0.2, 0) is 10.0 Å². The predicted molar refractivity (Wildman–Crippen MR) is 51.1 cm³/mol. The van der Waals surface area contributed by atoms with Gasteiger partial charge in [-0.05, 0) is 13.8 Å². The first-order valence-corrected chi connectivity index (χ1v) is 5.80. The third-order valence-corrected chi connectivity index (χ3v) is 2.03. The molecule has 74 valence electrons. The van der Waals surface area contributed by atoms with Gasteiger partial charge >= 0.3 is 0 Å². The molecule has 1 heterocycles. The lowest BCUT2D eigenvalue weighted by atomic mass is 10.4. The number of anilines is 1. The fraction of sp³-hybridized carbons (Fsp3) is 0.571. The first-order valence-electron chi connectivity index (χ1n) is 3.91. The Morgan fingerprint density at radius 2 is 2.15 bits per heavy atom. The second-order valence-corrected chi connectivity index (χ2v) is 4.88. The highest BCUT2D eigenvalue weighted by atomic mass is 32.2. The van der Waals surface area contributed by atoms with E-state index in [0.29, 0.717) is 5.82 Å². The van der Waals surface area contributed by atoms with E-state index in [0.717, 1.165) is 6.26 Å². The lowest BCUT2D eigenvalue weighted by Gasteiger charge is -2.10. The average molecular weight is 203 g/mol. The number of hydrogen-bond donors (Lipinski definition) is 1. The molecule has 0 spiro atoms. The Bertz CT molecular complexity index is 380. The Morgan fingerprint density at radius 3 is 2.62 bits per heavy atom. The molecule has 1 aromatic heterocycles. The lowest BCUT2D eigenvalue weighted by molar-refractivity contribution is 0.539. The highest BCUT2D eigenvalue weighted by molar-refractivity contribution is 7.92. The summed E-state index contributed by atoms with van der Waals surface area (Å²) in [6, 6.07) is 1.76. The topological polar surface area (TPSA) is 64.0 Å². The van der Waals surface area contributed by atoms with E-state index in [2.05, 4.69) is 9.82 Å². The Kier molecular flexibility index (Phi) is 2.60. The monoisotopic (exact) mass is 203 g/mol. The minimum atomic E-state index is -3.21. The van der Waals surface area contributed by atoms with Gasteiger partial charge in [0, 0.05) is 12.1 Å². The maximum atomic E-state index is 10.9. The van der Waals surface area contributed by atoms with E-state index in [1.54, 1.807) is 16.9 Å². The number of sulfonamides is 1. The van der Waals surface area contributed by atoms with Gasteiger partial charge < -0.3 is 0 Å². The summed E-state index contributed by atoms with van der Waals surface area (Å²) in [5.41, 5.74) is 0. The summed E-state index contributed by atoms with van der Waals surface area (Å²) in [4.78, 5) is 0. The summed E-state index contributed by atoms with van der Waals surface area (Å²) in [5.74, 6) is 0.498. The second-order valence-electron chi connectivity index (χ2n) is 3.13. The zero-order valence-corrected chi connectivity index (χ0v) is 8.67. The molecule has 0 saturated carbocycles. The number of hydrogen-bond acceptors (Lipinski definition) is 3. The zero-order chi connectivity index (χ0) is 10.1. The minimum absolute atomic E-state index is 0.138. The van der Waals surface area contributed by atoms with Crippen LogP contribution in [0.15, 0.2) is 12.3 Å². The molecule has 6 heteroatoms. The van der Waals surface area contributed by atoms with Crippen molar-refractivity contribution < 1.29 is 8.42 Å². The summed E-state index contributed by atoms with van der Waals surface area (Å²) >= 11 is 0. The fourth-order valence-electron chi connectivity index (χ4n) is 0.997. The van der Waals surface area contributed by atoms with Crippen molar-refractivity contribution >= 4 is 15.8 Å². The van der Waals surface area contributed by atoms with Crippen LogP contribution in [-0.4, -0.2) is 24.5 Å². The first kappa shape index (κ1) is 10.0. The molecule has 13 heavy (non-hydrogen) atoms. The summed E-state index contributed by atoms with van der Waals surface area (Å²) in [5, 5.41) is 3.99. The van der Waals surface area contributed by atoms with Crippen LogP contribution in [0.25, 0.3) is 0 Å². The molecule has 0 atom stereocenters. The van der Waals surface area contributed by atoms with E-state index in [9.17, 15) is 8.42 Å². The number of nitrogens with zero attached hydrogens (tertiary/aromatic N) is 2. The van der Waals surface area contributed by atoms with Crippen molar-refractivity contribution in [2.24, 2.45) is 0 Å². The molecule has 1 aromatic rings. The van der Waals surface area contributed by atoms with E-state index in [4.69, 9.17) is 0 Å². The molecule has 0 amide bonds. The molecule has 1 N–H and O–H groups in total. The van der Waals surface area contributed by atoms with E-state index >= 15 is 0 Å². The van der Waals surface area contributed by atoms with Crippen molar-refractivity contribution in [3.05, 3.63) is 12.3 Å². The van der Waals surface area contributed by atoms with Gasteiger partial charge in [0.2, 0.25) is 10.0 Å². The van der Waals surface area contributed by atoms with Gasteiger partial charge in [0.15, 0.2) is 0 Å². The Hall–Kier alpha value is -1.04. The molecule has 0 saturated heterocycles. The molecule has 0 aromatic carbocycles. The van der Waals surface area contributed by atoms with E-state index < -0.39 is 10.0 Å². The molecule has 0 aliphatic carbocycles. The van der Waals surface area contributed by atoms with Gasteiger partial charge in [0.25, 0.3) is 0 Å². The van der Waals surface area contributed by atoms with Gasteiger partial charge in [-0.1, -0.05) is 0 Å². The highest BCUT2D eigenvalue weighted by Crippen LogP contribution is 2.13. The smallest absolute Gasteiger partial charge is 0.230 e. The zero-order valence-electron chi connectivity index (χ0n) is 7.85. The first-order chi connectivity index (χ1) is 5.90. The van der Waals surface area contributed by atoms with Gasteiger partial charge in [-0.25, -0.2) is 13.1 Å². The molecular weight excluding hydrogens is 190 g/mol. The van der Waals surface area contributed by atoms with E-state index in [-0.39, 0.29) is 6.04 Å². The molecule has 0 aliphatic rings. The van der Waals surface area contributed by atoms with Crippen LogP contribution in [0, 0.1) is 0 Å². The highest BCUT2D eigenvalue weighted by Gasteiger charge is 2.09. The quantitative estimate of drug-likeness (QED) is 0.791. The Balaban J connectivity index is 2.96. The third kappa shape index (κ3) is 2.73. The average Bonchev–Trinajstić information content (AvgIpc) is 2.31. The predicted octanol–water partition coefficient (Wildman–Crippen LogP) is 0.835. The molecule has 1 rings (SSSR count). The van der Waals surface area contributed by atoms with Gasteiger partial charge in [-0.2, -0.15) is 5.10 Å². The maximum absolute atomic E-state index is 10.9. The van der Waals surface area contributed by atoms with Crippen molar-refractivity contribution in [1.29, 1.82) is 0 Å². The maximum Gasteiger partial charge on any atom is 0.230 e. The van der Waals surface area contributed by atoms with Crippen LogP contribution in [0.4, 0.5) is 5.82 Å². The van der Waals surface area contributed by atoms with Crippen molar-refractivity contribution in [1.82, 2.24) is 9.78 Å². The molecule has 0 aliphatic heterocycles. The van der Waals surface area contributed by atoms with Crippen LogP contribution < -0.4 is 4.72 Å². The SMILES string of the molecule is CC(C)n1nccc1NS(C)(=O)=O. The number of aromatic nitrogens is 2. The van der Waals surface area contributed by atoms with Gasteiger partial charge in [0.05, 0.1) is 12.5 Å². The lowest BCUT2D eigenvalue weighted by Crippen LogP contribution is -2.15. The molecule has 5 nitrogen and oxygen atoms in total. The Morgan fingerprint density at radius 1 is 1.54 bits per heavy atom. The van der Waals surface area contributed by atoms with Crippen molar-refractivity contribution in [3.63, 3.8) is 0 Å². The number of nitrogens with one attached hydrogen (secondary N) is 1. The summed E-state index contributed by atoms with van der Waals surface area (Å²) < 4.78 is 25.8. The van der Waals surface area contributed by atoms with Crippen LogP contribution in [0.3, 0.4) is 0 Å². The van der Waals surface area contributed by atoms with Crippen molar-refractivity contribution in [2.75, 3.05) is 11.0 Å². The molecule has 0 fully saturated rings. The van der Waals surface area contributed by atoms with Gasteiger partial charge in [0.1, 0.15) is 5.82 Å². The number of rotatable bonds is 3. The van der Waals surface area contributed by atoms with E-state index in [1.807, 2.05) is 13.8 Å². The van der Waals surface area contributed by atoms with Crippen LogP contribution >= 0.6 is 0 Å². The third-order valence-electron chi connectivity index (χ3n) is 1.45. The molecular formula is C7H13N3O2S. The fourth-order valence-corrected chi connectivity index (χ4v) is 1.54. The molecule has 0 bridgehead atoms. The van der Waals surface area contributed by atoms with Gasteiger partial charge in [-0.15, -0.1) is 0 Å². The minimum Gasteiger partial charge on any atom is -0.268 e. The van der Waals surface area contributed by atoms with Gasteiger partial charge in [-0.3, -0.25) is 4.72 Å². The second kappa shape index (κ2) is 3.37.